The fourth-order valence-corrected chi connectivity index (χ4v) is 3.86. The van der Waals surface area contributed by atoms with Gasteiger partial charge in [0.2, 0.25) is 0 Å². The van der Waals surface area contributed by atoms with Crippen LogP contribution in [-0.2, 0) is 4.74 Å². The van der Waals surface area contributed by atoms with Crippen molar-refractivity contribution < 1.29 is 4.74 Å². The molecule has 0 aromatic rings. The molecule has 2 N–H and O–H groups in total. The van der Waals surface area contributed by atoms with E-state index in [-0.39, 0.29) is 6.10 Å². The fraction of sp³-hybridized carbons (Fsp3) is 0.947. The summed E-state index contributed by atoms with van der Waals surface area (Å²) >= 11 is 0. The number of likely N-dealkylation sites (tertiary alicyclic amines) is 1. The van der Waals surface area contributed by atoms with E-state index in [1.54, 1.807) is 0 Å². The van der Waals surface area contributed by atoms with Gasteiger partial charge in [-0.15, -0.1) is 0 Å². The largest absolute Gasteiger partial charge is 0.374 e. The van der Waals surface area contributed by atoms with Gasteiger partial charge in [-0.1, -0.05) is 20.8 Å². The Balaban J connectivity index is 1.65. The molecule has 6 heteroatoms. The van der Waals surface area contributed by atoms with E-state index < -0.39 is 0 Å². The Morgan fingerprint density at radius 2 is 1.96 bits per heavy atom. The Kier molecular flexibility index (Phi) is 8.99. The number of morpholine rings is 1. The molecule has 2 atom stereocenters. The number of hydrogen-bond donors (Lipinski definition) is 2. The van der Waals surface area contributed by atoms with Crippen LogP contribution in [0, 0.1) is 11.8 Å². The third kappa shape index (κ3) is 7.50. The summed E-state index contributed by atoms with van der Waals surface area (Å²) in [6.07, 6.45) is 2.79. The highest BCUT2D eigenvalue weighted by Gasteiger charge is 2.23. The number of nitrogens with one attached hydrogen (secondary N) is 2. The molecule has 2 aliphatic heterocycles. The van der Waals surface area contributed by atoms with Crippen LogP contribution in [0.5, 0.6) is 0 Å². The molecule has 0 amide bonds. The minimum atomic E-state index is 0.248. The molecule has 0 aromatic carbocycles. The summed E-state index contributed by atoms with van der Waals surface area (Å²) in [6.45, 7) is 16.4. The van der Waals surface area contributed by atoms with Crippen molar-refractivity contribution in [1.82, 2.24) is 20.4 Å². The smallest absolute Gasteiger partial charge is 0.191 e. The lowest BCUT2D eigenvalue weighted by molar-refractivity contribution is -0.0284. The van der Waals surface area contributed by atoms with Gasteiger partial charge in [-0.25, -0.2) is 0 Å². The third-order valence-electron chi connectivity index (χ3n) is 5.04. The van der Waals surface area contributed by atoms with Crippen LogP contribution in [0.1, 0.15) is 33.6 Å². The van der Waals surface area contributed by atoms with E-state index in [1.807, 2.05) is 7.05 Å². The van der Waals surface area contributed by atoms with Crippen LogP contribution >= 0.6 is 0 Å². The van der Waals surface area contributed by atoms with Crippen LogP contribution in [0.3, 0.4) is 0 Å². The quantitative estimate of drug-likeness (QED) is 0.508. The molecule has 6 nitrogen and oxygen atoms in total. The van der Waals surface area contributed by atoms with Crippen molar-refractivity contribution in [2.45, 2.75) is 39.7 Å². The van der Waals surface area contributed by atoms with Gasteiger partial charge >= 0.3 is 0 Å². The molecule has 0 bridgehead atoms. The molecule has 2 heterocycles. The molecule has 0 aliphatic carbocycles. The summed E-state index contributed by atoms with van der Waals surface area (Å²) < 4.78 is 5.91. The molecule has 25 heavy (non-hydrogen) atoms. The maximum Gasteiger partial charge on any atom is 0.191 e. The molecule has 0 radical (unpaired) electrons. The number of hydrogen-bond acceptors (Lipinski definition) is 4. The van der Waals surface area contributed by atoms with Gasteiger partial charge in [0.05, 0.1) is 12.7 Å². The fourth-order valence-electron chi connectivity index (χ4n) is 3.86. The lowest BCUT2D eigenvalue weighted by atomic mass is 10.1. The Hall–Kier alpha value is -0.850. The van der Waals surface area contributed by atoms with Gasteiger partial charge in [-0.3, -0.25) is 9.89 Å². The van der Waals surface area contributed by atoms with E-state index in [0.29, 0.717) is 5.92 Å². The maximum atomic E-state index is 5.91. The summed E-state index contributed by atoms with van der Waals surface area (Å²) in [6, 6.07) is 0. The van der Waals surface area contributed by atoms with Crippen molar-refractivity contribution in [2.75, 3.05) is 66.0 Å². The number of rotatable bonds is 8. The molecule has 146 valence electrons. The summed E-state index contributed by atoms with van der Waals surface area (Å²) in [7, 11) is 1.85. The Morgan fingerprint density at radius 1 is 1.16 bits per heavy atom. The van der Waals surface area contributed by atoms with E-state index in [1.165, 1.54) is 32.5 Å². The SMILES string of the molecule is CCCN1CCC(CNC(=NC)NCC2CN(CC(C)C)CCO2)C1. The van der Waals surface area contributed by atoms with Crippen molar-refractivity contribution in [3.05, 3.63) is 0 Å². The second-order valence-electron chi connectivity index (χ2n) is 7.94. The zero-order valence-electron chi connectivity index (χ0n) is 16.8. The normalized spacial score (nSPS) is 26.4. The molecule has 2 saturated heterocycles. The number of ether oxygens (including phenoxy) is 1. The minimum Gasteiger partial charge on any atom is -0.374 e. The second kappa shape index (κ2) is 11.0. The highest BCUT2D eigenvalue weighted by molar-refractivity contribution is 5.79. The van der Waals surface area contributed by atoms with Gasteiger partial charge in [0.25, 0.3) is 0 Å². The topological polar surface area (TPSA) is 52.1 Å². The van der Waals surface area contributed by atoms with E-state index in [4.69, 9.17) is 4.74 Å². The summed E-state index contributed by atoms with van der Waals surface area (Å²) in [5.41, 5.74) is 0. The van der Waals surface area contributed by atoms with Crippen molar-refractivity contribution in [3.8, 4) is 0 Å². The van der Waals surface area contributed by atoms with Gasteiger partial charge in [0, 0.05) is 46.3 Å². The van der Waals surface area contributed by atoms with Gasteiger partial charge < -0.3 is 20.3 Å². The Bertz CT molecular complexity index is 401. The highest BCUT2D eigenvalue weighted by Crippen LogP contribution is 2.15. The zero-order chi connectivity index (χ0) is 18.1. The summed E-state index contributed by atoms with van der Waals surface area (Å²) in [5, 5.41) is 6.95. The van der Waals surface area contributed by atoms with Crippen LogP contribution in [0.4, 0.5) is 0 Å². The predicted molar refractivity (Wildman–Crippen MR) is 105 cm³/mol. The predicted octanol–water partition coefficient (Wildman–Crippen LogP) is 1.24. The second-order valence-corrected chi connectivity index (χ2v) is 7.94. The minimum absolute atomic E-state index is 0.248. The van der Waals surface area contributed by atoms with Crippen molar-refractivity contribution in [3.63, 3.8) is 0 Å². The van der Waals surface area contributed by atoms with Crippen LogP contribution in [0.2, 0.25) is 0 Å². The standard InChI is InChI=1S/C19H39N5O/c1-5-7-23-8-6-17(14-23)11-21-19(20-4)22-12-18-15-24(9-10-25-18)13-16(2)3/h16-18H,5-15H2,1-4H3,(H2,20,21,22). The van der Waals surface area contributed by atoms with Crippen molar-refractivity contribution >= 4 is 5.96 Å². The lowest BCUT2D eigenvalue weighted by Crippen LogP contribution is -2.50. The van der Waals surface area contributed by atoms with Crippen LogP contribution < -0.4 is 10.6 Å². The first-order chi connectivity index (χ1) is 12.1. The number of nitrogens with zero attached hydrogens (tertiary/aromatic N) is 3. The van der Waals surface area contributed by atoms with Gasteiger partial charge in [0.1, 0.15) is 0 Å². The molecular weight excluding hydrogens is 314 g/mol. The van der Waals surface area contributed by atoms with Gasteiger partial charge in [-0.2, -0.15) is 0 Å². The van der Waals surface area contributed by atoms with Crippen LogP contribution in [0.25, 0.3) is 0 Å². The van der Waals surface area contributed by atoms with Gasteiger partial charge in [-0.05, 0) is 37.8 Å². The first-order valence-electron chi connectivity index (χ1n) is 10.1. The Morgan fingerprint density at radius 3 is 2.68 bits per heavy atom. The molecule has 0 saturated carbocycles. The highest BCUT2D eigenvalue weighted by atomic mass is 16.5. The zero-order valence-corrected chi connectivity index (χ0v) is 16.8. The maximum absolute atomic E-state index is 5.91. The first-order valence-corrected chi connectivity index (χ1v) is 10.1. The average molecular weight is 354 g/mol. The average Bonchev–Trinajstić information content (AvgIpc) is 3.03. The van der Waals surface area contributed by atoms with E-state index in [2.05, 4.69) is 46.2 Å². The molecule has 0 spiro atoms. The number of aliphatic imine (C=N–C) groups is 1. The summed E-state index contributed by atoms with van der Waals surface area (Å²) in [5.74, 6) is 2.34. The van der Waals surface area contributed by atoms with E-state index >= 15 is 0 Å². The summed E-state index contributed by atoms with van der Waals surface area (Å²) in [4.78, 5) is 9.45. The molecule has 2 aliphatic rings. The van der Waals surface area contributed by atoms with Crippen molar-refractivity contribution in [2.24, 2.45) is 16.8 Å². The number of guanidine groups is 1. The molecule has 2 unspecified atom stereocenters. The van der Waals surface area contributed by atoms with E-state index in [9.17, 15) is 0 Å². The van der Waals surface area contributed by atoms with Crippen LogP contribution in [0.15, 0.2) is 4.99 Å². The van der Waals surface area contributed by atoms with Crippen LogP contribution in [-0.4, -0.2) is 87.9 Å². The first kappa shape index (κ1) is 20.5. The monoisotopic (exact) mass is 353 g/mol. The molecule has 2 rings (SSSR count). The Labute approximate surface area is 154 Å². The van der Waals surface area contributed by atoms with E-state index in [0.717, 1.165) is 51.2 Å². The molecular formula is C19H39N5O. The third-order valence-corrected chi connectivity index (χ3v) is 5.04. The van der Waals surface area contributed by atoms with Crippen molar-refractivity contribution in [1.29, 1.82) is 0 Å². The van der Waals surface area contributed by atoms with Gasteiger partial charge in [0.15, 0.2) is 5.96 Å². The lowest BCUT2D eigenvalue weighted by Gasteiger charge is -2.34. The molecule has 0 aromatic heterocycles. The molecule has 2 fully saturated rings.